The Labute approximate surface area is 149 Å². The van der Waals surface area contributed by atoms with Gasteiger partial charge in [-0.1, -0.05) is 5.16 Å². The summed E-state index contributed by atoms with van der Waals surface area (Å²) < 4.78 is 15.4. The average Bonchev–Trinajstić information content (AvgIpc) is 3.07. The van der Waals surface area contributed by atoms with Gasteiger partial charge in [-0.15, -0.1) is 10.2 Å². The van der Waals surface area contributed by atoms with Gasteiger partial charge in [0, 0.05) is 12.1 Å². The molecule has 0 aliphatic carbocycles. The number of hydrogen-bond acceptors (Lipinski definition) is 8. The predicted molar refractivity (Wildman–Crippen MR) is 94.1 cm³/mol. The van der Waals surface area contributed by atoms with Crippen molar-refractivity contribution < 1.29 is 18.8 Å². The lowest BCUT2D eigenvalue weighted by atomic mass is 10.2. The number of anilines is 3. The molecule has 0 saturated heterocycles. The van der Waals surface area contributed by atoms with Crippen LogP contribution < -0.4 is 20.1 Å². The van der Waals surface area contributed by atoms with Crippen molar-refractivity contribution in [3.63, 3.8) is 0 Å². The minimum atomic E-state index is -0.431. The molecule has 0 aliphatic rings. The Bertz CT molecular complexity index is 908. The number of aryl methyl sites for hydroxylation is 1. The molecule has 1 aromatic carbocycles. The fraction of sp³-hybridized carbons (Fsp3) is 0.176. The van der Waals surface area contributed by atoms with Crippen LogP contribution >= 0.6 is 0 Å². The predicted octanol–water partition coefficient (Wildman–Crippen LogP) is 2.79. The third-order valence-electron chi connectivity index (χ3n) is 3.44. The van der Waals surface area contributed by atoms with E-state index in [-0.39, 0.29) is 5.69 Å². The van der Waals surface area contributed by atoms with Crippen LogP contribution in [0.4, 0.5) is 17.3 Å². The molecule has 3 aromatic rings. The van der Waals surface area contributed by atoms with Crippen LogP contribution in [-0.4, -0.2) is 35.5 Å². The summed E-state index contributed by atoms with van der Waals surface area (Å²) in [4.78, 5) is 12.1. The smallest absolute Gasteiger partial charge is 0.277 e. The van der Waals surface area contributed by atoms with Crippen molar-refractivity contribution in [2.24, 2.45) is 0 Å². The zero-order valence-corrected chi connectivity index (χ0v) is 14.4. The lowest BCUT2D eigenvalue weighted by Crippen LogP contribution is -2.14. The summed E-state index contributed by atoms with van der Waals surface area (Å²) in [5.74, 6) is 2.21. The fourth-order valence-electron chi connectivity index (χ4n) is 2.17. The molecular formula is C17H17N5O4. The van der Waals surface area contributed by atoms with Gasteiger partial charge in [0.15, 0.2) is 17.3 Å². The summed E-state index contributed by atoms with van der Waals surface area (Å²) in [6.45, 7) is 1.73. The van der Waals surface area contributed by atoms with E-state index < -0.39 is 5.91 Å². The second-order valence-electron chi connectivity index (χ2n) is 5.27. The van der Waals surface area contributed by atoms with Crippen LogP contribution in [0.15, 0.2) is 40.9 Å². The summed E-state index contributed by atoms with van der Waals surface area (Å²) in [6.07, 6.45) is 0. The van der Waals surface area contributed by atoms with Gasteiger partial charge in [0.25, 0.3) is 5.91 Å². The molecular weight excluding hydrogens is 338 g/mol. The number of carbonyl (C=O) groups excluding carboxylic acids is 1. The van der Waals surface area contributed by atoms with Crippen LogP contribution in [0, 0.1) is 6.92 Å². The summed E-state index contributed by atoms with van der Waals surface area (Å²) >= 11 is 0. The van der Waals surface area contributed by atoms with Gasteiger partial charge in [0.05, 0.1) is 19.9 Å². The van der Waals surface area contributed by atoms with Crippen molar-refractivity contribution in [3.05, 3.63) is 47.9 Å². The molecule has 0 atom stereocenters. The summed E-state index contributed by atoms with van der Waals surface area (Å²) in [6, 6.07) is 10.1. The first-order valence-electron chi connectivity index (χ1n) is 7.66. The van der Waals surface area contributed by atoms with E-state index >= 15 is 0 Å². The second kappa shape index (κ2) is 7.51. The number of aromatic nitrogens is 3. The van der Waals surface area contributed by atoms with E-state index in [1.54, 1.807) is 57.5 Å². The van der Waals surface area contributed by atoms with Crippen molar-refractivity contribution in [1.82, 2.24) is 15.4 Å². The van der Waals surface area contributed by atoms with E-state index in [0.29, 0.717) is 34.6 Å². The number of ether oxygens (including phenoxy) is 2. The maximum atomic E-state index is 12.1. The molecule has 9 heteroatoms. The minimum absolute atomic E-state index is 0.151. The summed E-state index contributed by atoms with van der Waals surface area (Å²) in [5.41, 5.74) is 0.843. The van der Waals surface area contributed by atoms with Crippen LogP contribution in [0.5, 0.6) is 11.5 Å². The molecule has 0 aliphatic heterocycles. The number of carbonyl (C=O) groups is 1. The van der Waals surface area contributed by atoms with Crippen LogP contribution in [0.2, 0.25) is 0 Å². The molecule has 0 bridgehead atoms. The molecule has 2 heterocycles. The van der Waals surface area contributed by atoms with Crippen molar-refractivity contribution in [1.29, 1.82) is 0 Å². The molecule has 0 radical (unpaired) electrons. The highest BCUT2D eigenvalue weighted by molar-refractivity contribution is 6.02. The van der Waals surface area contributed by atoms with Gasteiger partial charge >= 0.3 is 0 Å². The van der Waals surface area contributed by atoms with Gasteiger partial charge in [-0.2, -0.15) is 0 Å². The maximum Gasteiger partial charge on any atom is 0.277 e. The first kappa shape index (κ1) is 17.2. The van der Waals surface area contributed by atoms with Gasteiger partial charge in [0.1, 0.15) is 17.3 Å². The number of amides is 1. The molecule has 0 unspecified atom stereocenters. The first-order chi connectivity index (χ1) is 12.6. The largest absolute Gasteiger partial charge is 0.497 e. The van der Waals surface area contributed by atoms with Crippen LogP contribution in [-0.2, 0) is 0 Å². The standard InChI is InChI=1S/C17H17N5O4/c1-10-8-16(22-26-10)19-17(23)13-6-7-15(21-20-13)18-12-5-4-11(24-2)9-14(12)25-3/h4-9H,1-3H3,(H,18,21)(H,19,22,23). The Balaban J connectivity index is 1.70. The minimum Gasteiger partial charge on any atom is -0.497 e. The van der Waals surface area contributed by atoms with E-state index in [0.717, 1.165) is 0 Å². The van der Waals surface area contributed by atoms with E-state index in [1.165, 1.54) is 0 Å². The average molecular weight is 355 g/mol. The molecule has 134 valence electrons. The molecule has 1 amide bonds. The lowest BCUT2D eigenvalue weighted by molar-refractivity contribution is 0.102. The van der Waals surface area contributed by atoms with Crippen molar-refractivity contribution in [2.75, 3.05) is 24.9 Å². The topological polar surface area (TPSA) is 111 Å². The third-order valence-corrected chi connectivity index (χ3v) is 3.44. The molecule has 0 fully saturated rings. The Morgan fingerprint density at radius 2 is 1.88 bits per heavy atom. The number of nitrogens with one attached hydrogen (secondary N) is 2. The molecule has 2 N–H and O–H groups in total. The van der Waals surface area contributed by atoms with E-state index in [9.17, 15) is 4.79 Å². The zero-order chi connectivity index (χ0) is 18.5. The van der Waals surface area contributed by atoms with Gasteiger partial charge < -0.3 is 24.6 Å². The number of rotatable bonds is 6. The molecule has 26 heavy (non-hydrogen) atoms. The van der Waals surface area contributed by atoms with Gasteiger partial charge in [0.2, 0.25) is 0 Å². The molecule has 2 aromatic heterocycles. The highest BCUT2D eigenvalue weighted by atomic mass is 16.5. The number of methoxy groups -OCH3 is 2. The van der Waals surface area contributed by atoms with Gasteiger partial charge in [-0.05, 0) is 31.2 Å². The number of hydrogen-bond donors (Lipinski definition) is 2. The quantitative estimate of drug-likeness (QED) is 0.694. The highest BCUT2D eigenvalue weighted by Crippen LogP contribution is 2.30. The van der Waals surface area contributed by atoms with Crippen molar-refractivity contribution in [3.8, 4) is 11.5 Å². The van der Waals surface area contributed by atoms with E-state index in [1.807, 2.05) is 0 Å². The fourth-order valence-corrected chi connectivity index (χ4v) is 2.17. The zero-order valence-electron chi connectivity index (χ0n) is 14.4. The molecule has 0 saturated carbocycles. The van der Waals surface area contributed by atoms with E-state index in [2.05, 4.69) is 26.0 Å². The number of nitrogens with zero attached hydrogens (tertiary/aromatic N) is 3. The van der Waals surface area contributed by atoms with Crippen molar-refractivity contribution in [2.45, 2.75) is 6.92 Å². The second-order valence-corrected chi connectivity index (χ2v) is 5.27. The lowest BCUT2D eigenvalue weighted by Gasteiger charge is -2.11. The summed E-state index contributed by atoms with van der Waals surface area (Å²) in [5, 5.41) is 17.3. The third kappa shape index (κ3) is 3.89. The van der Waals surface area contributed by atoms with Crippen LogP contribution in [0.25, 0.3) is 0 Å². The normalized spacial score (nSPS) is 10.3. The maximum absolute atomic E-state index is 12.1. The SMILES string of the molecule is COc1ccc(Nc2ccc(C(=O)Nc3cc(C)on3)nn2)c(OC)c1. The Hall–Kier alpha value is -3.62. The first-order valence-corrected chi connectivity index (χ1v) is 7.66. The monoisotopic (exact) mass is 355 g/mol. The van der Waals surface area contributed by atoms with Crippen LogP contribution in [0.3, 0.4) is 0 Å². The number of benzene rings is 1. The highest BCUT2D eigenvalue weighted by Gasteiger charge is 2.12. The van der Waals surface area contributed by atoms with E-state index in [4.69, 9.17) is 14.0 Å². The Morgan fingerprint density at radius 1 is 1.04 bits per heavy atom. The van der Waals surface area contributed by atoms with Crippen LogP contribution in [0.1, 0.15) is 16.2 Å². The molecule has 0 spiro atoms. The Kier molecular flexibility index (Phi) is 4.97. The van der Waals surface area contributed by atoms with Gasteiger partial charge in [-0.3, -0.25) is 4.79 Å². The van der Waals surface area contributed by atoms with Crippen molar-refractivity contribution >= 4 is 23.2 Å². The summed E-state index contributed by atoms with van der Waals surface area (Å²) in [7, 11) is 3.14. The van der Waals surface area contributed by atoms with Gasteiger partial charge in [-0.25, -0.2) is 0 Å². The Morgan fingerprint density at radius 3 is 2.50 bits per heavy atom. The molecule has 9 nitrogen and oxygen atoms in total. The molecule has 3 rings (SSSR count).